The Labute approximate surface area is 146 Å². The minimum atomic E-state index is -0.923. The Balaban J connectivity index is 1.97. The predicted octanol–water partition coefficient (Wildman–Crippen LogP) is 3.80. The molecule has 126 valence electrons. The smallest absolute Gasteiger partial charge is 0.314 e. The van der Waals surface area contributed by atoms with Crippen molar-refractivity contribution < 1.29 is 14.3 Å². The Kier molecular flexibility index (Phi) is 6.32. The van der Waals surface area contributed by atoms with Gasteiger partial charge in [0.1, 0.15) is 5.82 Å². The van der Waals surface area contributed by atoms with Crippen LogP contribution in [0, 0.1) is 0 Å². The van der Waals surface area contributed by atoms with Gasteiger partial charge in [-0.05, 0) is 31.0 Å². The minimum absolute atomic E-state index is 0.349. The van der Waals surface area contributed by atoms with Gasteiger partial charge in [0.2, 0.25) is 0 Å². The van der Waals surface area contributed by atoms with Crippen LogP contribution in [0.5, 0.6) is 0 Å². The molecule has 24 heavy (non-hydrogen) atoms. The molecule has 0 saturated carbocycles. The molecular formula is C18H19ClN2O3. The standard InChI is InChI=1S/C18H19ClN2O3/c1-3-15(13-7-5-4-6-8-13)18(23)24-12(2)17(22)21-16-10-9-14(19)11-20-16/h4-12,15H,3H2,1-2H3,(H,20,21,22)/t12-,15+/m0/s1. The summed E-state index contributed by atoms with van der Waals surface area (Å²) in [5, 5.41) is 3.06. The second-order valence-electron chi connectivity index (χ2n) is 5.30. The van der Waals surface area contributed by atoms with Gasteiger partial charge in [0.05, 0.1) is 10.9 Å². The zero-order chi connectivity index (χ0) is 17.5. The normalized spacial score (nSPS) is 13.0. The van der Waals surface area contributed by atoms with E-state index in [0.717, 1.165) is 5.56 Å². The van der Waals surface area contributed by atoms with Crippen LogP contribution >= 0.6 is 11.6 Å². The third-order valence-electron chi connectivity index (χ3n) is 3.54. The zero-order valence-electron chi connectivity index (χ0n) is 13.5. The number of anilines is 1. The fourth-order valence-electron chi connectivity index (χ4n) is 2.21. The van der Waals surface area contributed by atoms with E-state index in [1.54, 1.807) is 12.1 Å². The lowest BCUT2D eigenvalue weighted by molar-refractivity contribution is -0.154. The van der Waals surface area contributed by atoms with Crippen molar-refractivity contribution in [1.29, 1.82) is 0 Å². The van der Waals surface area contributed by atoms with Gasteiger partial charge in [0.15, 0.2) is 6.10 Å². The summed E-state index contributed by atoms with van der Waals surface area (Å²) in [5.41, 5.74) is 0.872. The maximum absolute atomic E-state index is 12.4. The number of hydrogen-bond donors (Lipinski definition) is 1. The molecule has 0 saturated heterocycles. The van der Waals surface area contributed by atoms with Gasteiger partial charge < -0.3 is 10.1 Å². The van der Waals surface area contributed by atoms with E-state index in [1.165, 1.54) is 13.1 Å². The third kappa shape index (κ3) is 4.80. The number of amides is 1. The number of halogens is 1. The van der Waals surface area contributed by atoms with Crippen LogP contribution in [0.4, 0.5) is 5.82 Å². The molecule has 2 rings (SSSR count). The Morgan fingerprint density at radius 3 is 2.50 bits per heavy atom. The lowest BCUT2D eigenvalue weighted by Crippen LogP contribution is -2.32. The summed E-state index contributed by atoms with van der Waals surface area (Å²) in [4.78, 5) is 28.4. The number of esters is 1. The number of benzene rings is 1. The average Bonchev–Trinajstić information content (AvgIpc) is 2.58. The van der Waals surface area contributed by atoms with Crippen molar-refractivity contribution in [2.75, 3.05) is 5.32 Å². The van der Waals surface area contributed by atoms with Crippen LogP contribution in [0.15, 0.2) is 48.7 Å². The fourth-order valence-corrected chi connectivity index (χ4v) is 2.32. The number of nitrogens with one attached hydrogen (secondary N) is 1. The molecule has 1 aromatic heterocycles. The van der Waals surface area contributed by atoms with E-state index < -0.39 is 23.9 Å². The molecule has 1 amide bonds. The second-order valence-corrected chi connectivity index (χ2v) is 5.74. The first kappa shape index (κ1) is 17.9. The highest BCUT2D eigenvalue weighted by Gasteiger charge is 2.25. The van der Waals surface area contributed by atoms with E-state index in [4.69, 9.17) is 16.3 Å². The number of hydrogen-bond acceptors (Lipinski definition) is 4. The molecule has 0 spiro atoms. The highest BCUT2D eigenvalue weighted by Crippen LogP contribution is 2.21. The summed E-state index contributed by atoms with van der Waals surface area (Å²) in [6.45, 7) is 3.43. The molecule has 6 heteroatoms. The van der Waals surface area contributed by atoms with Crippen molar-refractivity contribution in [3.63, 3.8) is 0 Å². The van der Waals surface area contributed by atoms with Crippen LogP contribution < -0.4 is 5.32 Å². The summed E-state index contributed by atoms with van der Waals surface area (Å²) in [5.74, 6) is -0.908. The van der Waals surface area contributed by atoms with Crippen LogP contribution in [-0.2, 0) is 14.3 Å². The average molecular weight is 347 g/mol. The monoisotopic (exact) mass is 346 g/mol. The minimum Gasteiger partial charge on any atom is -0.452 e. The highest BCUT2D eigenvalue weighted by molar-refractivity contribution is 6.30. The van der Waals surface area contributed by atoms with E-state index in [0.29, 0.717) is 17.3 Å². The van der Waals surface area contributed by atoms with Crippen LogP contribution in [-0.4, -0.2) is 23.0 Å². The predicted molar refractivity (Wildman–Crippen MR) is 92.9 cm³/mol. The van der Waals surface area contributed by atoms with E-state index in [1.807, 2.05) is 37.3 Å². The maximum Gasteiger partial charge on any atom is 0.314 e. The number of aromatic nitrogens is 1. The molecule has 1 aromatic carbocycles. The number of nitrogens with zero attached hydrogens (tertiary/aromatic N) is 1. The SMILES string of the molecule is CC[C@@H](C(=O)O[C@@H](C)C(=O)Nc1ccc(Cl)cn1)c1ccccc1. The highest BCUT2D eigenvalue weighted by atomic mass is 35.5. The van der Waals surface area contributed by atoms with Crippen LogP contribution in [0.3, 0.4) is 0 Å². The Hall–Kier alpha value is -2.40. The van der Waals surface area contributed by atoms with Crippen molar-refractivity contribution in [3.8, 4) is 0 Å². The first-order valence-electron chi connectivity index (χ1n) is 7.69. The van der Waals surface area contributed by atoms with Crippen LogP contribution in [0.25, 0.3) is 0 Å². The molecule has 1 heterocycles. The Bertz CT molecular complexity index is 689. The maximum atomic E-state index is 12.4. The summed E-state index contributed by atoms with van der Waals surface area (Å²) in [6.07, 6.45) is 1.10. The molecule has 0 bridgehead atoms. The molecule has 2 atom stereocenters. The van der Waals surface area contributed by atoms with Gasteiger partial charge in [-0.15, -0.1) is 0 Å². The summed E-state index contributed by atoms with van der Waals surface area (Å²) in [7, 11) is 0. The number of ether oxygens (including phenoxy) is 1. The molecule has 0 unspecified atom stereocenters. The number of pyridine rings is 1. The third-order valence-corrected chi connectivity index (χ3v) is 3.76. The van der Waals surface area contributed by atoms with Gasteiger partial charge in [0, 0.05) is 6.20 Å². The summed E-state index contributed by atoms with van der Waals surface area (Å²) >= 11 is 5.74. The molecule has 0 aliphatic carbocycles. The van der Waals surface area contributed by atoms with Gasteiger partial charge in [0.25, 0.3) is 5.91 Å². The molecule has 0 aliphatic heterocycles. The van der Waals surface area contributed by atoms with E-state index in [-0.39, 0.29) is 0 Å². The quantitative estimate of drug-likeness (QED) is 0.808. The van der Waals surface area contributed by atoms with E-state index in [2.05, 4.69) is 10.3 Å². The molecular weight excluding hydrogens is 328 g/mol. The molecule has 1 N–H and O–H groups in total. The molecule has 0 aliphatic rings. The first-order chi connectivity index (χ1) is 11.5. The largest absolute Gasteiger partial charge is 0.452 e. The van der Waals surface area contributed by atoms with E-state index >= 15 is 0 Å². The fraction of sp³-hybridized carbons (Fsp3) is 0.278. The van der Waals surface area contributed by atoms with Crippen molar-refractivity contribution in [2.24, 2.45) is 0 Å². The number of rotatable bonds is 6. The lowest BCUT2D eigenvalue weighted by Gasteiger charge is -2.18. The van der Waals surface area contributed by atoms with Gasteiger partial charge >= 0.3 is 5.97 Å². The van der Waals surface area contributed by atoms with Crippen molar-refractivity contribution in [3.05, 3.63) is 59.2 Å². The lowest BCUT2D eigenvalue weighted by atomic mass is 9.97. The van der Waals surface area contributed by atoms with E-state index in [9.17, 15) is 9.59 Å². The molecule has 2 aromatic rings. The molecule has 0 radical (unpaired) electrons. The topological polar surface area (TPSA) is 68.3 Å². The van der Waals surface area contributed by atoms with Crippen LogP contribution in [0.1, 0.15) is 31.7 Å². The van der Waals surface area contributed by atoms with Gasteiger partial charge in [-0.1, -0.05) is 48.9 Å². The summed E-state index contributed by atoms with van der Waals surface area (Å²) < 4.78 is 5.31. The number of carbonyl (C=O) groups is 2. The van der Waals surface area contributed by atoms with Crippen molar-refractivity contribution >= 4 is 29.3 Å². The molecule has 5 nitrogen and oxygen atoms in total. The second kappa shape index (κ2) is 8.45. The Morgan fingerprint density at radius 1 is 1.21 bits per heavy atom. The van der Waals surface area contributed by atoms with Gasteiger partial charge in [-0.2, -0.15) is 0 Å². The van der Waals surface area contributed by atoms with Gasteiger partial charge in [-0.25, -0.2) is 4.98 Å². The molecule has 0 fully saturated rings. The zero-order valence-corrected chi connectivity index (χ0v) is 14.3. The number of carbonyl (C=O) groups excluding carboxylic acids is 2. The Morgan fingerprint density at radius 2 is 1.92 bits per heavy atom. The summed E-state index contributed by atoms with van der Waals surface area (Å²) in [6, 6.07) is 12.6. The first-order valence-corrected chi connectivity index (χ1v) is 8.07. The van der Waals surface area contributed by atoms with Crippen molar-refractivity contribution in [1.82, 2.24) is 4.98 Å². The van der Waals surface area contributed by atoms with Crippen LogP contribution in [0.2, 0.25) is 5.02 Å². The van der Waals surface area contributed by atoms with Gasteiger partial charge in [-0.3, -0.25) is 9.59 Å². The van der Waals surface area contributed by atoms with Crippen molar-refractivity contribution in [2.45, 2.75) is 32.3 Å².